The van der Waals surface area contributed by atoms with Crippen LogP contribution in [0.25, 0.3) is 0 Å². The van der Waals surface area contributed by atoms with Crippen molar-refractivity contribution >= 4 is 27.5 Å². The number of rotatable bonds is 9. The summed E-state index contributed by atoms with van der Waals surface area (Å²) in [5, 5.41) is 10.9. The number of hydrogen-bond donors (Lipinski definition) is 1. The predicted octanol–water partition coefficient (Wildman–Crippen LogP) is 3.04. The number of nitrogens with zero attached hydrogens (tertiary/aromatic N) is 1. The fourth-order valence-electron chi connectivity index (χ4n) is 2.81. The maximum Gasteiger partial charge on any atom is 0.322 e. The first kappa shape index (κ1) is 22.8. The van der Waals surface area contributed by atoms with Gasteiger partial charge in [0, 0.05) is 23.3 Å². The van der Waals surface area contributed by atoms with Gasteiger partial charge in [0.25, 0.3) is 5.69 Å². The Balaban J connectivity index is 1.79. The molecule has 0 saturated heterocycles. The van der Waals surface area contributed by atoms with E-state index in [0.717, 1.165) is 0 Å². The maximum atomic E-state index is 13.0. The first-order valence-corrected chi connectivity index (χ1v) is 10.8. The van der Waals surface area contributed by atoms with Crippen molar-refractivity contribution in [2.45, 2.75) is 11.0 Å². The second-order valence-electron chi connectivity index (χ2n) is 6.59. The first-order valence-electron chi connectivity index (χ1n) is 9.36. The standard InChI is InChI=1S/C22H18N2O7S/c25-20(15-23-32(29,30)19-9-5-2-6-10-19)31-22(21(26)16-7-3-1-4-8-16)17-11-13-18(14-12-17)24(27)28/h1-14,22-23H,15H2/t22-/m1/s1. The molecule has 0 spiro atoms. The molecule has 0 radical (unpaired) electrons. The molecule has 0 heterocycles. The molecule has 0 bridgehead atoms. The summed E-state index contributed by atoms with van der Waals surface area (Å²) in [7, 11) is -3.95. The molecule has 10 heteroatoms. The fraction of sp³-hybridized carbons (Fsp3) is 0.0909. The molecule has 9 nitrogen and oxygen atoms in total. The Bertz CT molecular complexity index is 1210. The lowest BCUT2D eigenvalue weighted by molar-refractivity contribution is -0.384. The molecule has 0 fully saturated rings. The van der Waals surface area contributed by atoms with Crippen LogP contribution in [-0.4, -0.2) is 31.6 Å². The highest BCUT2D eigenvalue weighted by molar-refractivity contribution is 7.89. The summed E-state index contributed by atoms with van der Waals surface area (Å²) in [6.07, 6.45) is -1.41. The summed E-state index contributed by atoms with van der Waals surface area (Å²) in [6, 6.07) is 20.5. The number of nitro groups is 1. The van der Waals surface area contributed by atoms with Gasteiger partial charge in [0.1, 0.15) is 6.54 Å². The van der Waals surface area contributed by atoms with Gasteiger partial charge in [0.2, 0.25) is 15.8 Å². The lowest BCUT2D eigenvalue weighted by Gasteiger charge is -2.18. The molecule has 0 aliphatic heterocycles. The van der Waals surface area contributed by atoms with Crippen LogP contribution in [-0.2, 0) is 19.6 Å². The summed E-state index contributed by atoms with van der Waals surface area (Å²) in [5.41, 5.74) is 0.277. The lowest BCUT2D eigenvalue weighted by Crippen LogP contribution is -2.32. The molecule has 1 N–H and O–H groups in total. The molecular formula is C22H18N2O7S. The van der Waals surface area contributed by atoms with Crippen LogP contribution in [0, 0.1) is 10.1 Å². The van der Waals surface area contributed by atoms with Gasteiger partial charge >= 0.3 is 5.97 Å². The number of ketones is 1. The second kappa shape index (κ2) is 9.94. The number of carbonyl (C=O) groups is 2. The summed E-state index contributed by atoms with van der Waals surface area (Å²) < 4.78 is 32.0. The number of benzene rings is 3. The normalized spacial score (nSPS) is 12.0. The van der Waals surface area contributed by atoms with Gasteiger partial charge in [-0.25, -0.2) is 8.42 Å². The molecule has 0 saturated carbocycles. The van der Waals surface area contributed by atoms with Gasteiger partial charge in [-0.2, -0.15) is 4.72 Å². The average molecular weight is 454 g/mol. The Kier molecular flexibility index (Phi) is 7.08. The Hall–Kier alpha value is -3.89. The highest BCUT2D eigenvalue weighted by atomic mass is 32.2. The van der Waals surface area contributed by atoms with E-state index in [1.54, 1.807) is 24.3 Å². The number of ether oxygens (including phenoxy) is 1. The minimum Gasteiger partial charge on any atom is -0.448 e. The Morgan fingerprint density at radius 2 is 1.47 bits per heavy atom. The minimum absolute atomic E-state index is 0.0277. The molecule has 3 rings (SSSR count). The van der Waals surface area contributed by atoms with E-state index in [-0.39, 0.29) is 21.7 Å². The highest BCUT2D eigenvalue weighted by Gasteiger charge is 2.27. The zero-order chi connectivity index (χ0) is 23.1. The lowest BCUT2D eigenvalue weighted by atomic mass is 9.99. The summed E-state index contributed by atoms with van der Waals surface area (Å²) in [4.78, 5) is 35.7. The molecule has 32 heavy (non-hydrogen) atoms. The monoisotopic (exact) mass is 454 g/mol. The van der Waals surface area contributed by atoms with E-state index >= 15 is 0 Å². The quantitative estimate of drug-likeness (QED) is 0.227. The van der Waals surface area contributed by atoms with Crippen LogP contribution in [0.3, 0.4) is 0 Å². The number of sulfonamides is 1. The van der Waals surface area contributed by atoms with Crippen molar-refractivity contribution in [3.05, 3.63) is 106 Å². The fourth-order valence-corrected chi connectivity index (χ4v) is 3.80. The highest BCUT2D eigenvalue weighted by Crippen LogP contribution is 2.25. The average Bonchev–Trinajstić information content (AvgIpc) is 2.82. The largest absolute Gasteiger partial charge is 0.448 e. The third kappa shape index (κ3) is 5.62. The molecule has 0 aromatic heterocycles. The SMILES string of the molecule is O=C(CNS(=O)(=O)c1ccccc1)O[C@@H](C(=O)c1ccccc1)c1ccc([N+](=O)[O-])cc1. The van der Waals surface area contributed by atoms with Gasteiger partial charge in [-0.05, 0) is 24.3 Å². The molecule has 164 valence electrons. The smallest absolute Gasteiger partial charge is 0.322 e. The van der Waals surface area contributed by atoms with Gasteiger partial charge in [-0.15, -0.1) is 0 Å². The predicted molar refractivity (Wildman–Crippen MR) is 114 cm³/mol. The number of Topliss-reactive ketones (excluding diaryl/α,β-unsaturated/α-hetero) is 1. The van der Waals surface area contributed by atoms with Crippen LogP contribution in [0.15, 0.2) is 89.8 Å². The van der Waals surface area contributed by atoms with Gasteiger partial charge in [-0.3, -0.25) is 19.7 Å². The molecule has 0 unspecified atom stereocenters. The van der Waals surface area contributed by atoms with E-state index in [4.69, 9.17) is 4.74 Å². The number of esters is 1. The first-order chi connectivity index (χ1) is 15.3. The molecule has 1 atom stereocenters. The van der Waals surface area contributed by atoms with Crippen LogP contribution in [0.1, 0.15) is 22.0 Å². The molecular weight excluding hydrogens is 436 g/mol. The van der Waals surface area contributed by atoms with E-state index in [2.05, 4.69) is 4.72 Å². The molecule has 3 aromatic rings. The van der Waals surface area contributed by atoms with Crippen molar-refractivity contribution in [3.63, 3.8) is 0 Å². The van der Waals surface area contributed by atoms with E-state index in [9.17, 15) is 28.1 Å². The number of carbonyl (C=O) groups excluding carboxylic acids is 2. The topological polar surface area (TPSA) is 133 Å². The van der Waals surface area contributed by atoms with E-state index < -0.39 is 39.3 Å². The second-order valence-corrected chi connectivity index (χ2v) is 8.35. The summed E-state index contributed by atoms with van der Waals surface area (Å²) in [6.45, 7) is -0.706. The Morgan fingerprint density at radius 3 is 2.03 bits per heavy atom. The number of non-ortho nitro benzene ring substituents is 1. The molecule has 0 amide bonds. The van der Waals surface area contributed by atoms with Gasteiger partial charge in [0.05, 0.1) is 9.82 Å². The minimum atomic E-state index is -3.95. The zero-order valence-electron chi connectivity index (χ0n) is 16.6. The van der Waals surface area contributed by atoms with Crippen molar-refractivity contribution in [1.29, 1.82) is 0 Å². The van der Waals surface area contributed by atoms with Gasteiger partial charge < -0.3 is 4.74 Å². The van der Waals surface area contributed by atoms with Crippen molar-refractivity contribution in [2.24, 2.45) is 0 Å². The zero-order valence-corrected chi connectivity index (χ0v) is 17.4. The number of hydrogen-bond acceptors (Lipinski definition) is 7. The van der Waals surface area contributed by atoms with Crippen LogP contribution in [0.2, 0.25) is 0 Å². The number of nitrogens with one attached hydrogen (secondary N) is 1. The Labute approximate surface area is 183 Å². The Morgan fingerprint density at radius 1 is 0.906 bits per heavy atom. The van der Waals surface area contributed by atoms with Crippen molar-refractivity contribution in [2.75, 3.05) is 6.54 Å². The van der Waals surface area contributed by atoms with Crippen molar-refractivity contribution in [3.8, 4) is 0 Å². The third-order valence-corrected chi connectivity index (χ3v) is 5.83. The van der Waals surface area contributed by atoms with Crippen molar-refractivity contribution in [1.82, 2.24) is 4.72 Å². The molecule has 0 aliphatic carbocycles. The van der Waals surface area contributed by atoms with E-state index in [1.165, 1.54) is 60.7 Å². The van der Waals surface area contributed by atoms with Crippen LogP contribution < -0.4 is 4.72 Å². The van der Waals surface area contributed by atoms with Gasteiger partial charge in [-0.1, -0.05) is 48.5 Å². The summed E-state index contributed by atoms with van der Waals surface area (Å²) >= 11 is 0. The van der Waals surface area contributed by atoms with Crippen LogP contribution in [0.5, 0.6) is 0 Å². The van der Waals surface area contributed by atoms with E-state index in [1.807, 2.05) is 0 Å². The third-order valence-electron chi connectivity index (χ3n) is 4.41. The van der Waals surface area contributed by atoms with E-state index in [0.29, 0.717) is 0 Å². The molecule has 0 aliphatic rings. The summed E-state index contributed by atoms with van der Waals surface area (Å²) in [5.74, 6) is -1.55. The van der Waals surface area contributed by atoms with Gasteiger partial charge in [0.15, 0.2) is 6.10 Å². The van der Waals surface area contributed by atoms with Crippen molar-refractivity contribution < 1.29 is 27.7 Å². The van der Waals surface area contributed by atoms with Crippen LogP contribution >= 0.6 is 0 Å². The maximum absolute atomic E-state index is 13.0. The van der Waals surface area contributed by atoms with Crippen LogP contribution in [0.4, 0.5) is 5.69 Å². The number of nitro benzene ring substituents is 1. The molecule has 3 aromatic carbocycles.